The largest absolute Gasteiger partial charge is 0.409 e. The summed E-state index contributed by atoms with van der Waals surface area (Å²) in [6.45, 7) is 2.91. The van der Waals surface area contributed by atoms with Crippen LogP contribution in [0.15, 0.2) is 29.4 Å². The van der Waals surface area contributed by atoms with Crippen LogP contribution in [0.3, 0.4) is 0 Å². The van der Waals surface area contributed by atoms with Gasteiger partial charge in [-0.3, -0.25) is 4.79 Å². The Balaban J connectivity index is 2.24. The van der Waals surface area contributed by atoms with Gasteiger partial charge in [0.25, 0.3) is 5.91 Å². The zero-order valence-electron chi connectivity index (χ0n) is 11.0. The van der Waals surface area contributed by atoms with Gasteiger partial charge in [0.05, 0.1) is 0 Å². The summed E-state index contributed by atoms with van der Waals surface area (Å²) in [5, 5.41) is 11.6. The van der Waals surface area contributed by atoms with E-state index < -0.39 is 0 Å². The molecule has 0 spiro atoms. The Hall–Kier alpha value is -2.04. The van der Waals surface area contributed by atoms with Gasteiger partial charge in [-0.25, -0.2) is 0 Å². The number of carbonyl (C=O) groups is 1. The molecule has 0 bridgehead atoms. The van der Waals surface area contributed by atoms with Crippen molar-refractivity contribution in [3.8, 4) is 0 Å². The van der Waals surface area contributed by atoms with Crippen LogP contribution in [0.2, 0.25) is 0 Å². The molecule has 1 aromatic carbocycles. The predicted molar refractivity (Wildman–Crippen MR) is 73.3 cm³/mol. The van der Waals surface area contributed by atoms with E-state index in [9.17, 15) is 4.79 Å². The molecule has 0 aliphatic carbocycles. The summed E-state index contributed by atoms with van der Waals surface area (Å²) in [6, 6.07) is 7.23. The monoisotopic (exact) mass is 261 g/mol. The molecular weight excluding hydrogens is 242 g/mol. The van der Waals surface area contributed by atoms with Crippen LogP contribution < -0.4 is 5.73 Å². The van der Waals surface area contributed by atoms with Crippen molar-refractivity contribution in [3.05, 3.63) is 35.4 Å². The lowest BCUT2D eigenvalue weighted by molar-refractivity contribution is 0.0733. The van der Waals surface area contributed by atoms with Crippen molar-refractivity contribution < 1.29 is 10.0 Å². The first-order chi connectivity index (χ1) is 9.17. The fourth-order valence-electron chi connectivity index (χ4n) is 2.56. The molecular formula is C14H19N3O2. The molecule has 1 amide bonds. The first-order valence-electron chi connectivity index (χ1n) is 6.56. The number of rotatable bonds is 3. The van der Waals surface area contributed by atoms with Crippen LogP contribution in [0, 0.1) is 0 Å². The van der Waals surface area contributed by atoms with Gasteiger partial charge < -0.3 is 15.8 Å². The number of amides is 1. The summed E-state index contributed by atoms with van der Waals surface area (Å²) in [4.78, 5) is 14.4. The fraction of sp³-hybridized carbons (Fsp3) is 0.429. The molecule has 0 radical (unpaired) electrons. The van der Waals surface area contributed by atoms with E-state index in [-0.39, 0.29) is 11.7 Å². The Bertz CT molecular complexity index is 499. The number of benzene rings is 1. The number of carbonyl (C=O) groups excluding carboxylic acids is 1. The minimum absolute atomic E-state index is 0.0168. The zero-order chi connectivity index (χ0) is 13.8. The van der Waals surface area contributed by atoms with Gasteiger partial charge in [-0.1, -0.05) is 24.2 Å². The summed E-state index contributed by atoms with van der Waals surface area (Å²) in [6.07, 6.45) is 3.11. The predicted octanol–water partition coefficient (Wildman–Crippen LogP) is 1.80. The lowest BCUT2D eigenvalue weighted by Gasteiger charge is -2.23. The molecule has 5 nitrogen and oxygen atoms in total. The Morgan fingerprint density at radius 2 is 2.26 bits per heavy atom. The highest BCUT2D eigenvalue weighted by Crippen LogP contribution is 2.22. The first kappa shape index (κ1) is 13.4. The zero-order valence-corrected chi connectivity index (χ0v) is 11.0. The first-order valence-corrected chi connectivity index (χ1v) is 6.56. The van der Waals surface area contributed by atoms with Gasteiger partial charge in [-0.15, -0.1) is 0 Å². The van der Waals surface area contributed by atoms with Gasteiger partial charge in [0.15, 0.2) is 5.84 Å². The molecule has 1 fully saturated rings. The van der Waals surface area contributed by atoms with Gasteiger partial charge in [0.2, 0.25) is 0 Å². The SMILES string of the molecule is CCC1CCCN1C(=O)c1cccc(/C(N)=N/O)c1. The molecule has 1 unspecified atom stereocenters. The van der Waals surface area contributed by atoms with E-state index in [4.69, 9.17) is 10.9 Å². The molecule has 0 saturated carbocycles. The summed E-state index contributed by atoms with van der Waals surface area (Å²) in [5.41, 5.74) is 6.69. The highest BCUT2D eigenvalue weighted by Gasteiger charge is 2.28. The average molecular weight is 261 g/mol. The van der Waals surface area contributed by atoms with Crippen LogP contribution in [-0.4, -0.2) is 34.4 Å². The molecule has 0 aromatic heterocycles. The number of hydrogen-bond donors (Lipinski definition) is 2. The van der Waals surface area contributed by atoms with Gasteiger partial charge in [0, 0.05) is 23.7 Å². The second kappa shape index (κ2) is 5.73. The third-order valence-electron chi connectivity index (χ3n) is 3.62. The maximum absolute atomic E-state index is 12.5. The summed E-state index contributed by atoms with van der Waals surface area (Å²) in [7, 11) is 0. The van der Waals surface area contributed by atoms with E-state index in [1.165, 1.54) is 0 Å². The standard InChI is InChI=1S/C14H19N3O2/c1-2-12-7-4-8-17(12)14(18)11-6-3-5-10(9-11)13(15)16-19/h3,5-6,9,12,19H,2,4,7-8H2,1H3,(H2,15,16). The summed E-state index contributed by atoms with van der Waals surface area (Å²) >= 11 is 0. The lowest BCUT2D eigenvalue weighted by atomic mass is 10.1. The van der Waals surface area contributed by atoms with E-state index in [1.54, 1.807) is 24.3 Å². The molecule has 1 aliphatic heterocycles. The molecule has 1 heterocycles. The topological polar surface area (TPSA) is 78.9 Å². The third-order valence-corrected chi connectivity index (χ3v) is 3.62. The smallest absolute Gasteiger partial charge is 0.254 e. The van der Waals surface area contributed by atoms with Crippen molar-refractivity contribution >= 4 is 11.7 Å². The molecule has 102 valence electrons. The van der Waals surface area contributed by atoms with E-state index >= 15 is 0 Å². The van der Waals surface area contributed by atoms with Crippen molar-refractivity contribution in [2.45, 2.75) is 32.2 Å². The van der Waals surface area contributed by atoms with Gasteiger partial charge in [0.1, 0.15) is 0 Å². The van der Waals surface area contributed by atoms with Crippen LogP contribution in [0.5, 0.6) is 0 Å². The van der Waals surface area contributed by atoms with Crippen LogP contribution in [0.1, 0.15) is 42.1 Å². The minimum Gasteiger partial charge on any atom is -0.409 e. The van der Waals surface area contributed by atoms with Crippen molar-refractivity contribution in [3.63, 3.8) is 0 Å². The Morgan fingerprint density at radius 1 is 1.53 bits per heavy atom. The fourth-order valence-corrected chi connectivity index (χ4v) is 2.56. The Labute approximate surface area is 112 Å². The maximum Gasteiger partial charge on any atom is 0.254 e. The van der Waals surface area contributed by atoms with E-state index in [0.717, 1.165) is 25.8 Å². The second-order valence-electron chi connectivity index (χ2n) is 4.77. The molecule has 1 aliphatic rings. The Kier molecular flexibility index (Phi) is 4.04. The van der Waals surface area contributed by atoms with Gasteiger partial charge in [-0.2, -0.15) is 0 Å². The van der Waals surface area contributed by atoms with Crippen LogP contribution >= 0.6 is 0 Å². The van der Waals surface area contributed by atoms with Crippen molar-refractivity contribution in [1.29, 1.82) is 0 Å². The van der Waals surface area contributed by atoms with E-state index in [2.05, 4.69) is 12.1 Å². The molecule has 1 saturated heterocycles. The quantitative estimate of drug-likeness (QED) is 0.377. The number of amidine groups is 1. The molecule has 5 heteroatoms. The molecule has 19 heavy (non-hydrogen) atoms. The number of nitrogens with zero attached hydrogens (tertiary/aromatic N) is 2. The van der Waals surface area contributed by atoms with Crippen molar-refractivity contribution in [2.24, 2.45) is 10.9 Å². The highest BCUT2D eigenvalue weighted by atomic mass is 16.4. The molecule has 2 rings (SSSR count). The van der Waals surface area contributed by atoms with Gasteiger partial charge >= 0.3 is 0 Å². The lowest BCUT2D eigenvalue weighted by Crippen LogP contribution is -2.35. The van der Waals surface area contributed by atoms with Crippen LogP contribution in [0.25, 0.3) is 0 Å². The minimum atomic E-state index is 0.0168. The van der Waals surface area contributed by atoms with Crippen molar-refractivity contribution in [1.82, 2.24) is 4.90 Å². The molecule has 1 aromatic rings. The van der Waals surface area contributed by atoms with Crippen LogP contribution in [-0.2, 0) is 0 Å². The third kappa shape index (κ3) is 2.70. The summed E-state index contributed by atoms with van der Waals surface area (Å²) < 4.78 is 0. The van der Waals surface area contributed by atoms with Gasteiger partial charge in [-0.05, 0) is 31.4 Å². The molecule has 3 N–H and O–H groups in total. The number of likely N-dealkylation sites (tertiary alicyclic amines) is 1. The highest BCUT2D eigenvalue weighted by molar-refractivity contribution is 6.01. The number of hydrogen-bond acceptors (Lipinski definition) is 3. The number of oxime groups is 1. The summed E-state index contributed by atoms with van der Waals surface area (Å²) in [5.74, 6) is 0.0417. The maximum atomic E-state index is 12.5. The van der Waals surface area contributed by atoms with Crippen molar-refractivity contribution in [2.75, 3.05) is 6.54 Å². The Morgan fingerprint density at radius 3 is 2.95 bits per heavy atom. The number of nitrogens with two attached hydrogens (primary N) is 1. The second-order valence-corrected chi connectivity index (χ2v) is 4.77. The van der Waals surface area contributed by atoms with E-state index in [0.29, 0.717) is 17.2 Å². The molecule has 1 atom stereocenters. The average Bonchev–Trinajstić information content (AvgIpc) is 2.94. The normalized spacial score (nSPS) is 19.7. The van der Waals surface area contributed by atoms with E-state index in [1.807, 2.05) is 4.90 Å². The van der Waals surface area contributed by atoms with Crippen LogP contribution in [0.4, 0.5) is 0 Å².